The first-order valence-corrected chi connectivity index (χ1v) is 9.80. The molecule has 8 heteroatoms. The van der Waals surface area contributed by atoms with Crippen molar-refractivity contribution in [1.82, 2.24) is 25.2 Å². The van der Waals surface area contributed by atoms with Crippen molar-refractivity contribution >= 4 is 11.7 Å². The lowest BCUT2D eigenvalue weighted by molar-refractivity contribution is -0.131. The van der Waals surface area contributed by atoms with Crippen molar-refractivity contribution in [2.45, 2.75) is 26.7 Å². The Morgan fingerprint density at radius 2 is 1.93 bits per heavy atom. The van der Waals surface area contributed by atoms with Crippen LogP contribution in [-0.4, -0.2) is 57.3 Å². The summed E-state index contributed by atoms with van der Waals surface area (Å²) in [5.74, 6) is 1.80. The summed E-state index contributed by atoms with van der Waals surface area (Å²) < 4.78 is 5.17. The van der Waals surface area contributed by atoms with Crippen molar-refractivity contribution in [1.29, 1.82) is 0 Å². The van der Waals surface area contributed by atoms with Gasteiger partial charge in [-0.3, -0.25) is 9.78 Å². The SMILES string of the molecule is Cc1noc(C)c1CCC(=O)N1CCN(c2ccc(-c3cccnc3)nn2)CC1. The lowest BCUT2D eigenvalue weighted by Gasteiger charge is -2.35. The van der Waals surface area contributed by atoms with Crippen molar-refractivity contribution in [3.05, 3.63) is 53.7 Å². The molecule has 0 unspecified atom stereocenters. The van der Waals surface area contributed by atoms with Gasteiger partial charge in [0.25, 0.3) is 0 Å². The van der Waals surface area contributed by atoms with Gasteiger partial charge >= 0.3 is 0 Å². The van der Waals surface area contributed by atoms with Gasteiger partial charge in [-0.25, -0.2) is 0 Å². The summed E-state index contributed by atoms with van der Waals surface area (Å²) in [6, 6.07) is 7.78. The molecule has 29 heavy (non-hydrogen) atoms. The van der Waals surface area contributed by atoms with Gasteiger partial charge in [0.05, 0.1) is 11.4 Å². The van der Waals surface area contributed by atoms with Gasteiger partial charge in [0.15, 0.2) is 5.82 Å². The number of rotatable bonds is 5. The molecule has 1 saturated heterocycles. The highest BCUT2D eigenvalue weighted by molar-refractivity contribution is 5.76. The number of carbonyl (C=O) groups is 1. The first-order valence-electron chi connectivity index (χ1n) is 9.80. The molecule has 3 aromatic heterocycles. The number of anilines is 1. The van der Waals surface area contributed by atoms with Crippen LogP contribution in [0.25, 0.3) is 11.3 Å². The predicted molar refractivity (Wildman–Crippen MR) is 108 cm³/mol. The van der Waals surface area contributed by atoms with Crippen LogP contribution < -0.4 is 4.90 Å². The van der Waals surface area contributed by atoms with Gasteiger partial charge in [-0.05, 0) is 44.5 Å². The molecule has 4 rings (SSSR count). The molecule has 0 aromatic carbocycles. The zero-order valence-corrected chi connectivity index (χ0v) is 16.7. The minimum Gasteiger partial charge on any atom is -0.361 e. The zero-order valence-electron chi connectivity index (χ0n) is 16.7. The van der Waals surface area contributed by atoms with Crippen molar-refractivity contribution in [2.24, 2.45) is 0 Å². The number of pyridine rings is 1. The monoisotopic (exact) mass is 392 g/mol. The van der Waals surface area contributed by atoms with Crippen LogP contribution in [0.2, 0.25) is 0 Å². The highest BCUT2D eigenvalue weighted by Crippen LogP contribution is 2.19. The first-order chi connectivity index (χ1) is 14.1. The molecule has 150 valence electrons. The third-order valence-electron chi connectivity index (χ3n) is 5.33. The molecule has 1 amide bonds. The van der Waals surface area contributed by atoms with E-state index in [2.05, 4.69) is 25.2 Å². The lowest BCUT2D eigenvalue weighted by Crippen LogP contribution is -2.49. The maximum absolute atomic E-state index is 12.6. The third-order valence-corrected chi connectivity index (χ3v) is 5.33. The van der Waals surface area contributed by atoms with E-state index in [0.29, 0.717) is 25.9 Å². The molecule has 1 fully saturated rings. The van der Waals surface area contributed by atoms with E-state index in [1.807, 2.05) is 43.0 Å². The second kappa shape index (κ2) is 8.38. The quantitative estimate of drug-likeness (QED) is 0.659. The Hall–Kier alpha value is -3.29. The summed E-state index contributed by atoms with van der Waals surface area (Å²) in [5.41, 5.74) is 3.66. The van der Waals surface area contributed by atoms with Crippen LogP contribution in [-0.2, 0) is 11.2 Å². The first kappa shape index (κ1) is 19.0. The molecule has 0 bridgehead atoms. The van der Waals surface area contributed by atoms with E-state index in [9.17, 15) is 4.79 Å². The highest BCUT2D eigenvalue weighted by Gasteiger charge is 2.22. The summed E-state index contributed by atoms with van der Waals surface area (Å²) in [4.78, 5) is 20.8. The molecule has 0 atom stereocenters. The fourth-order valence-corrected chi connectivity index (χ4v) is 3.60. The number of hydrogen-bond donors (Lipinski definition) is 0. The maximum Gasteiger partial charge on any atom is 0.223 e. The minimum absolute atomic E-state index is 0.169. The number of aryl methyl sites for hydroxylation is 2. The average Bonchev–Trinajstić information content (AvgIpc) is 3.10. The standard InChI is InChI=1S/C21H24N6O2/c1-15-18(16(2)29-25-15)5-8-21(28)27-12-10-26(11-13-27)20-7-6-19(23-24-20)17-4-3-9-22-14-17/h3-4,6-7,9,14H,5,8,10-13H2,1-2H3. The Balaban J connectivity index is 1.30. The molecule has 0 saturated carbocycles. The van der Waals surface area contributed by atoms with E-state index in [1.165, 1.54) is 0 Å². The van der Waals surface area contributed by atoms with Crippen LogP contribution in [0.5, 0.6) is 0 Å². The zero-order chi connectivity index (χ0) is 20.2. The van der Waals surface area contributed by atoms with Crippen molar-refractivity contribution in [3.63, 3.8) is 0 Å². The van der Waals surface area contributed by atoms with E-state index in [1.54, 1.807) is 12.4 Å². The van der Waals surface area contributed by atoms with Crippen molar-refractivity contribution in [2.75, 3.05) is 31.1 Å². The Morgan fingerprint density at radius 1 is 1.10 bits per heavy atom. The van der Waals surface area contributed by atoms with Gasteiger partial charge in [-0.15, -0.1) is 10.2 Å². The van der Waals surface area contributed by atoms with E-state index in [-0.39, 0.29) is 5.91 Å². The average molecular weight is 392 g/mol. The predicted octanol–water partition coefficient (Wildman–Crippen LogP) is 2.42. The Labute approximate surface area is 169 Å². The number of aromatic nitrogens is 4. The summed E-state index contributed by atoms with van der Waals surface area (Å²) in [7, 11) is 0. The van der Waals surface area contributed by atoms with E-state index in [0.717, 1.165) is 47.2 Å². The lowest BCUT2D eigenvalue weighted by atomic mass is 10.1. The van der Waals surface area contributed by atoms with Crippen LogP contribution in [0, 0.1) is 13.8 Å². The van der Waals surface area contributed by atoms with Crippen LogP contribution in [0.1, 0.15) is 23.4 Å². The summed E-state index contributed by atoms with van der Waals surface area (Å²) in [5, 5.41) is 12.6. The second-order valence-electron chi connectivity index (χ2n) is 7.19. The number of amides is 1. The second-order valence-corrected chi connectivity index (χ2v) is 7.19. The topological polar surface area (TPSA) is 88.3 Å². The van der Waals surface area contributed by atoms with Gasteiger partial charge in [-0.2, -0.15) is 0 Å². The Kier molecular flexibility index (Phi) is 5.50. The fraction of sp³-hybridized carbons (Fsp3) is 0.381. The Bertz CT molecular complexity index is 943. The van der Waals surface area contributed by atoms with Gasteiger partial charge in [0, 0.05) is 56.1 Å². The van der Waals surface area contributed by atoms with E-state index in [4.69, 9.17) is 4.52 Å². The molecule has 1 aliphatic rings. The van der Waals surface area contributed by atoms with Gasteiger partial charge in [-0.1, -0.05) is 5.16 Å². The molecule has 0 radical (unpaired) electrons. The van der Waals surface area contributed by atoms with Crippen molar-refractivity contribution in [3.8, 4) is 11.3 Å². The number of hydrogen-bond acceptors (Lipinski definition) is 7. The molecule has 4 heterocycles. The molecule has 3 aromatic rings. The maximum atomic E-state index is 12.6. The van der Waals surface area contributed by atoms with Crippen LogP contribution in [0.3, 0.4) is 0 Å². The number of nitrogens with zero attached hydrogens (tertiary/aromatic N) is 6. The fourth-order valence-electron chi connectivity index (χ4n) is 3.60. The molecule has 1 aliphatic heterocycles. The Morgan fingerprint density at radius 3 is 2.55 bits per heavy atom. The third kappa shape index (κ3) is 4.26. The molecular formula is C21H24N6O2. The van der Waals surface area contributed by atoms with Gasteiger partial charge in [0.1, 0.15) is 5.76 Å². The highest BCUT2D eigenvalue weighted by atomic mass is 16.5. The van der Waals surface area contributed by atoms with Gasteiger partial charge in [0.2, 0.25) is 5.91 Å². The summed E-state index contributed by atoms with van der Waals surface area (Å²) in [6.07, 6.45) is 4.65. The number of carbonyl (C=O) groups excluding carboxylic acids is 1. The summed E-state index contributed by atoms with van der Waals surface area (Å²) in [6.45, 7) is 6.67. The van der Waals surface area contributed by atoms with Gasteiger partial charge < -0.3 is 14.3 Å². The molecule has 8 nitrogen and oxygen atoms in total. The van der Waals surface area contributed by atoms with Crippen LogP contribution in [0.4, 0.5) is 5.82 Å². The smallest absolute Gasteiger partial charge is 0.223 e. The summed E-state index contributed by atoms with van der Waals surface area (Å²) >= 11 is 0. The van der Waals surface area contributed by atoms with E-state index < -0.39 is 0 Å². The normalized spacial score (nSPS) is 14.3. The van der Waals surface area contributed by atoms with Crippen molar-refractivity contribution < 1.29 is 9.32 Å². The molecule has 0 N–H and O–H groups in total. The molecular weight excluding hydrogens is 368 g/mol. The molecule has 0 aliphatic carbocycles. The van der Waals surface area contributed by atoms with E-state index >= 15 is 0 Å². The largest absolute Gasteiger partial charge is 0.361 e. The number of piperazine rings is 1. The minimum atomic E-state index is 0.169. The van der Waals surface area contributed by atoms with Crippen LogP contribution >= 0.6 is 0 Å². The van der Waals surface area contributed by atoms with Crippen LogP contribution in [0.15, 0.2) is 41.2 Å². The molecule has 0 spiro atoms.